The number of carbonyl (C=O) groups is 2. The summed E-state index contributed by atoms with van der Waals surface area (Å²) in [6.07, 6.45) is 0.191. The third-order valence-electron chi connectivity index (χ3n) is 3.93. The molecule has 0 aliphatic rings. The van der Waals surface area contributed by atoms with E-state index < -0.39 is 23.6 Å². The van der Waals surface area contributed by atoms with Crippen molar-refractivity contribution in [3.05, 3.63) is 59.4 Å². The number of amides is 1. The van der Waals surface area contributed by atoms with Gasteiger partial charge in [0.15, 0.2) is 11.6 Å². The first-order chi connectivity index (χ1) is 12.5. The van der Waals surface area contributed by atoms with Crippen LogP contribution in [0.4, 0.5) is 4.39 Å². The van der Waals surface area contributed by atoms with Crippen LogP contribution in [-0.4, -0.2) is 37.7 Å². The molecule has 6 nitrogen and oxygen atoms in total. The first kappa shape index (κ1) is 19.2. The third-order valence-corrected chi connectivity index (χ3v) is 3.93. The highest BCUT2D eigenvalue weighted by molar-refractivity contribution is 5.94. The SMILES string of the molecule is COc1ccc(C(=O)NCC(Cc2ccccc2OC)C(=O)O)cc1F. The van der Waals surface area contributed by atoms with Crippen LogP contribution in [0.2, 0.25) is 0 Å². The Morgan fingerprint density at radius 1 is 1.12 bits per heavy atom. The average Bonchev–Trinajstić information content (AvgIpc) is 2.64. The lowest BCUT2D eigenvalue weighted by Crippen LogP contribution is -2.34. The van der Waals surface area contributed by atoms with Gasteiger partial charge in [-0.25, -0.2) is 4.39 Å². The molecule has 1 atom stereocenters. The van der Waals surface area contributed by atoms with Gasteiger partial charge >= 0.3 is 5.97 Å². The Morgan fingerprint density at radius 2 is 1.81 bits per heavy atom. The number of hydrogen-bond donors (Lipinski definition) is 2. The Bertz CT molecular complexity index is 793. The number of methoxy groups -OCH3 is 2. The molecular formula is C19H20FNO5. The first-order valence-corrected chi connectivity index (χ1v) is 7.92. The second-order valence-electron chi connectivity index (χ2n) is 5.61. The highest BCUT2D eigenvalue weighted by Gasteiger charge is 2.21. The summed E-state index contributed by atoms with van der Waals surface area (Å²) < 4.78 is 23.7. The minimum Gasteiger partial charge on any atom is -0.496 e. The van der Waals surface area contributed by atoms with Crippen molar-refractivity contribution in [3.63, 3.8) is 0 Å². The summed E-state index contributed by atoms with van der Waals surface area (Å²) in [5.74, 6) is -2.50. The second kappa shape index (κ2) is 8.84. The van der Waals surface area contributed by atoms with Crippen LogP contribution in [0.1, 0.15) is 15.9 Å². The van der Waals surface area contributed by atoms with Crippen molar-refractivity contribution >= 4 is 11.9 Å². The van der Waals surface area contributed by atoms with E-state index in [1.807, 2.05) is 0 Å². The summed E-state index contributed by atoms with van der Waals surface area (Å²) in [5.41, 5.74) is 0.817. The van der Waals surface area contributed by atoms with E-state index in [0.717, 1.165) is 11.6 Å². The molecule has 0 saturated carbocycles. The summed E-state index contributed by atoms with van der Waals surface area (Å²) in [6, 6.07) is 10.9. The molecule has 0 bridgehead atoms. The van der Waals surface area contributed by atoms with Crippen molar-refractivity contribution in [1.82, 2.24) is 5.32 Å². The summed E-state index contributed by atoms with van der Waals surface area (Å²) in [7, 11) is 2.84. The van der Waals surface area contributed by atoms with Crippen LogP contribution in [-0.2, 0) is 11.2 Å². The molecule has 2 aromatic rings. The van der Waals surface area contributed by atoms with Crippen molar-refractivity contribution in [1.29, 1.82) is 0 Å². The van der Waals surface area contributed by atoms with Gasteiger partial charge in [0, 0.05) is 12.1 Å². The fraction of sp³-hybridized carbons (Fsp3) is 0.263. The van der Waals surface area contributed by atoms with E-state index >= 15 is 0 Å². The van der Waals surface area contributed by atoms with E-state index in [1.165, 1.54) is 26.4 Å². The van der Waals surface area contributed by atoms with E-state index in [0.29, 0.717) is 5.75 Å². The van der Waals surface area contributed by atoms with Crippen LogP contribution in [0.25, 0.3) is 0 Å². The zero-order valence-corrected chi connectivity index (χ0v) is 14.5. The van der Waals surface area contributed by atoms with Crippen molar-refractivity contribution in [2.75, 3.05) is 20.8 Å². The normalized spacial score (nSPS) is 11.5. The van der Waals surface area contributed by atoms with E-state index in [9.17, 15) is 19.1 Å². The third kappa shape index (κ3) is 4.72. The minimum absolute atomic E-state index is 0.0288. The largest absolute Gasteiger partial charge is 0.496 e. The van der Waals surface area contributed by atoms with E-state index in [-0.39, 0.29) is 24.3 Å². The number of carboxylic acids is 1. The Labute approximate surface area is 150 Å². The molecule has 2 N–H and O–H groups in total. The van der Waals surface area contributed by atoms with Crippen LogP contribution in [0.3, 0.4) is 0 Å². The van der Waals surface area contributed by atoms with Crippen LogP contribution in [0.5, 0.6) is 11.5 Å². The van der Waals surface area contributed by atoms with Crippen molar-refractivity contribution in [3.8, 4) is 11.5 Å². The summed E-state index contributed by atoms with van der Waals surface area (Å²) in [4.78, 5) is 23.7. The fourth-order valence-electron chi connectivity index (χ4n) is 2.51. The number of halogens is 1. The predicted octanol–water partition coefficient (Wildman–Crippen LogP) is 2.52. The van der Waals surface area contributed by atoms with Gasteiger partial charge in [0.2, 0.25) is 0 Å². The average molecular weight is 361 g/mol. The number of aliphatic carboxylic acids is 1. The lowest BCUT2D eigenvalue weighted by atomic mass is 9.98. The molecule has 0 saturated heterocycles. The zero-order valence-electron chi connectivity index (χ0n) is 14.5. The van der Waals surface area contributed by atoms with Crippen molar-refractivity contribution in [2.45, 2.75) is 6.42 Å². The molecule has 1 unspecified atom stereocenters. The Hall–Kier alpha value is -3.09. The summed E-state index contributed by atoms with van der Waals surface area (Å²) in [5, 5.41) is 12.0. The maximum Gasteiger partial charge on any atom is 0.308 e. The van der Waals surface area contributed by atoms with Gasteiger partial charge in [-0.2, -0.15) is 0 Å². The number of rotatable bonds is 8. The van der Waals surface area contributed by atoms with E-state index in [4.69, 9.17) is 9.47 Å². The number of nitrogens with one attached hydrogen (secondary N) is 1. The van der Waals surface area contributed by atoms with Crippen LogP contribution >= 0.6 is 0 Å². The molecule has 0 spiro atoms. The van der Waals surface area contributed by atoms with Crippen LogP contribution in [0.15, 0.2) is 42.5 Å². The monoisotopic (exact) mass is 361 g/mol. The molecule has 1 amide bonds. The zero-order chi connectivity index (χ0) is 19.1. The maximum absolute atomic E-state index is 13.7. The molecule has 7 heteroatoms. The quantitative estimate of drug-likeness (QED) is 0.755. The molecule has 2 aromatic carbocycles. The number of ether oxygens (including phenoxy) is 2. The van der Waals surface area contributed by atoms with Crippen LogP contribution in [0, 0.1) is 11.7 Å². The number of benzene rings is 2. The highest BCUT2D eigenvalue weighted by Crippen LogP contribution is 2.21. The Balaban J connectivity index is 2.05. The number of carboxylic acid groups (broad SMARTS) is 1. The van der Waals surface area contributed by atoms with Gasteiger partial charge in [-0.3, -0.25) is 9.59 Å². The number of hydrogen-bond acceptors (Lipinski definition) is 4. The molecule has 0 aromatic heterocycles. The lowest BCUT2D eigenvalue weighted by Gasteiger charge is -2.15. The van der Waals surface area contributed by atoms with Gasteiger partial charge < -0.3 is 19.9 Å². The van der Waals surface area contributed by atoms with Crippen molar-refractivity contribution in [2.24, 2.45) is 5.92 Å². The maximum atomic E-state index is 13.7. The molecule has 0 heterocycles. The van der Waals surface area contributed by atoms with Crippen LogP contribution < -0.4 is 14.8 Å². The topological polar surface area (TPSA) is 84.9 Å². The molecule has 2 rings (SSSR count). The van der Waals surface area contributed by atoms with Gasteiger partial charge in [-0.15, -0.1) is 0 Å². The predicted molar refractivity (Wildman–Crippen MR) is 93.1 cm³/mol. The lowest BCUT2D eigenvalue weighted by molar-refractivity contribution is -0.141. The first-order valence-electron chi connectivity index (χ1n) is 7.92. The molecule has 0 aliphatic heterocycles. The minimum atomic E-state index is -1.04. The molecule has 138 valence electrons. The van der Waals surface area contributed by atoms with Gasteiger partial charge in [-0.1, -0.05) is 18.2 Å². The van der Waals surface area contributed by atoms with Gasteiger partial charge in [-0.05, 0) is 36.2 Å². The molecule has 26 heavy (non-hydrogen) atoms. The summed E-state index contributed by atoms with van der Waals surface area (Å²) in [6.45, 7) is -0.0974. The fourth-order valence-corrected chi connectivity index (χ4v) is 2.51. The smallest absolute Gasteiger partial charge is 0.308 e. The molecular weight excluding hydrogens is 341 g/mol. The number of para-hydroxylation sites is 1. The van der Waals surface area contributed by atoms with Crippen molar-refractivity contribution < 1.29 is 28.6 Å². The van der Waals surface area contributed by atoms with E-state index in [2.05, 4.69) is 5.32 Å². The van der Waals surface area contributed by atoms with E-state index in [1.54, 1.807) is 24.3 Å². The van der Waals surface area contributed by atoms with Gasteiger partial charge in [0.25, 0.3) is 5.91 Å². The second-order valence-corrected chi connectivity index (χ2v) is 5.61. The summed E-state index contributed by atoms with van der Waals surface area (Å²) >= 11 is 0. The molecule has 0 fully saturated rings. The van der Waals surface area contributed by atoms with Gasteiger partial charge in [0.05, 0.1) is 20.1 Å². The standard InChI is InChI=1S/C19H20FNO5/c1-25-16-6-4-3-5-12(16)9-14(19(23)24)11-21-18(22)13-7-8-17(26-2)15(20)10-13/h3-8,10,14H,9,11H2,1-2H3,(H,21,22)(H,23,24). The van der Waals surface area contributed by atoms with Gasteiger partial charge in [0.1, 0.15) is 5.75 Å². The Morgan fingerprint density at radius 3 is 2.42 bits per heavy atom. The number of carbonyl (C=O) groups excluding carboxylic acids is 1. The Kier molecular flexibility index (Phi) is 6.54. The highest BCUT2D eigenvalue weighted by atomic mass is 19.1. The molecule has 0 radical (unpaired) electrons. The molecule has 0 aliphatic carbocycles.